The Balaban J connectivity index is 3.01. The van der Waals surface area contributed by atoms with E-state index in [0.29, 0.717) is 5.56 Å². The third-order valence-corrected chi connectivity index (χ3v) is 2.69. The molecule has 0 fully saturated rings. The molecule has 66 valence electrons. The van der Waals surface area contributed by atoms with Gasteiger partial charge in [-0.2, -0.15) is 0 Å². The van der Waals surface area contributed by atoms with Crippen molar-refractivity contribution < 1.29 is 4.39 Å². The maximum atomic E-state index is 13.1. The van der Waals surface area contributed by atoms with Crippen LogP contribution in [0.25, 0.3) is 0 Å². The van der Waals surface area contributed by atoms with Crippen LogP contribution in [0.15, 0.2) is 27.1 Å². The summed E-state index contributed by atoms with van der Waals surface area (Å²) in [6, 6.07) is 5.31. The first kappa shape index (κ1) is 10.2. The molecule has 1 aromatic carbocycles. The third kappa shape index (κ3) is 2.28. The molecular formula is C8H8Br2FN. The standard InChI is InChI=1S/C8H8Br2FN/c9-5-1-2-6(7(10)3-5)8(11)4-12/h1-3,8H,4,12H2. The SMILES string of the molecule is NCC(F)c1ccc(Br)cc1Br. The minimum Gasteiger partial charge on any atom is -0.327 e. The zero-order valence-corrected chi connectivity index (χ0v) is 9.40. The van der Waals surface area contributed by atoms with Gasteiger partial charge in [0.1, 0.15) is 6.17 Å². The number of halogens is 3. The van der Waals surface area contributed by atoms with Crippen LogP contribution in [0.4, 0.5) is 4.39 Å². The fourth-order valence-corrected chi connectivity index (χ4v) is 2.18. The van der Waals surface area contributed by atoms with Gasteiger partial charge in [-0.25, -0.2) is 4.39 Å². The van der Waals surface area contributed by atoms with Gasteiger partial charge in [-0.3, -0.25) is 0 Å². The molecule has 0 amide bonds. The highest BCUT2D eigenvalue weighted by atomic mass is 79.9. The minimum absolute atomic E-state index is 0.0141. The number of nitrogens with two attached hydrogens (primary N) is 1. The molecule has 0 radical (unpaired) electrons. The largest absolute Gasteiger partial charge is 0.327 e. The van der Waals surface area contributed by atoms with Gasteiger partial charge >= 0.3 is 0 Å². The van der Waals surface area contributed by atoms with E-state index in [0.717, 1.165) is 8.95 Å². The van der Waals surface area contributed by atoms with Crippen molar-refractivity contribution >= 4 is 31.9 Å². The van der Waals surface area contributed by atoms with Crippen LogP contribution in [-0.2, 0) is 0 Å². The molecule has 2 N–H and O–H groups in total. The quantitative estimate of drug-likeness (QED) is 0.891. The lowest BCUT2D eigenvalue weighted by atomic mass is 10.1. The Labute approximate surface area is 87.4 Å². The minimum atomic E-state index is -1.09. The molecule has 4 heteroatoms. The Kier molecular flexibility index (Phi) is 3.68. The molecule has 1 aromatic rings. The normalized spacial score (nSPS) is 13.0. The van der Waals surface area contributed by atoms with Crippen LogP contribution in [0, 0.1) is 0 Å². The van der Waals surface area contributed by atoms with Crippen LogP contribution in [0.2, 0.25) is 0 Å². The summed E-state index contributed by atoms with van der Waals surface area (Å²) >= 11 is 6.55. The second kappa shape index (κ2) is 4.35. The van der Waals surface area contributed by atoms with Gasteiger partial charge in [-0.1, -0.05) is 37.9 Å². The van der Waals surface area contributed by atoms with Crippen molar-refractivity contribution in [1.82, 2.24) is 0 Å². The predicted octanol–water partition coefficient (Wildman–Crippen LogP) is 3.18. The number of hydrogen-bond acceptors (Lipinski definition) is 1. The van der Waals surface area contributed by atoms with Crippen LogP contribution in [0.5, 0.6) is 0 Å². The molecule has 1 unspecified atom stereocenters. The third-order valence-electron chi connectivity index (χ3n) is 1.51. The molecule has 0 spiro atoms. The molecule has 0 bridgehead atoms. The van der Waals surface area contributed by atoms with Gasteiger partial charge < -0.3 is 5.73 Å². The summed E-state index contributed by atoms with van der Waals surface area (Å²) in [6.07, 6.45) is -1.09. The molecule has 1 rings (SSSR count). The fraction of sp³-hybridized carbons (Fsp3) is 0.250. The highest BCUT2D eigenvalue weighted by molar-refractivity contribution is 9.11. The molecule has 0 aliphatic carbocycles. The van der Waals surface area contributed by atoms with E-state index in [1.165, 1.54) is 0 Å². The fourth-order valence-electron chi connectivity index (χ4n) is 0.883. The smallest absolute Gasteiger partial charge is 0.138 e. The number of rotatable bonds is 2. The Bertz CT molecular complexity index is 278. The van der Waals surface area contributed by atoms with Crippen molar-refractivity contribution in [3.05, 3.63) is 32.7 Å². The van der Waals surface area contributed by atoms with Crippen LogP contribution < -0.4 is 5.73 Å². The summed E-state index contributed by atoms with van der Waals surface area (Å²) in [5.41, 5.74) is 5.80. The molecule has 12 heavy (non-hydrogen) atoms. The molecule has 0 heterocycles. The van der Waals surface area contributed by atoms with Gasteiger partial charge in [0.15, 0.2) is 0 Å². The summed E-state index contributed by atoms with van der Waals surface area (Å²) in [5.74, 6) is 0. The molecule has 1 atom stereocenters. The second-order valence-corrected chi connectivity index (χ2v) is 4.14. The van der Waals surface area contributed by atoms with Crippen molar-refractivity contribution in [2.24, 2.45) is 5.73 Å². The Morgan fingerprint density at radius 1 is 1.42 bits per heavy atom. The summed E-state index contributed by atoms with van der Waals surface area (Å²) < 4.78 is 14.8. The average Bonchev–Trinajstić information content (AvgIpc) is 2.03. The topological polar surface area (TPSA) is 26.0 Å². The average molecular weight is 297 g/mol. The summed E-state index contributed by atoms with van der Waals surface area (Å²) in [7, 11) is 0. The van der Waals surface area contributed by atoms with Crippen molar-refractivity contribution in [2.75, 3.05) is 6.54 Å². The highest BCUT2D eigenvalue weighted by Crippen LogP contribution is 2.28. The van der Waals surface area contributed by atoms with Crippen LogP contribution in [0.1, 0.15) is 11.7 Å². The van der Waals surface area contributed by atoms with Crippen LogP contribution in [0.3, 0.4) is 0 Å². The molecule has 0 saturated carbocycles. The van der Waals surface area contributed by atoms with E-state index in [-0.39, 0.29) is 6.54 Å². The first-order valence-corrected chi connectivity index (χ1v) is 5.03. The lowest BCUT2D eigenvalue weighted by molar-refractivity contribution is 0.351. The van der Waals surface area contributed by atoms with E-state index in [2.05, 4.69) is 31.9 Å². The van der Waals surface area contributed by atoms with E-state index < -0.39 is 6.17 Å². The van der Waals surface area contributed by atoms with E-state index in [9.17, 15) is 4.39 Å². The molecule has 0 aromatic heterocycles. The van der Waals surface area contributed by atoms with E-state index in [4.69, 9.17) is 5.73 Å². The van der Waals surface area contributed by atoms with Gasteiger partial charge in [0, 0.05) is 21.1 Å². The zero-order valence-electron chi connectivity index (χ0n) is 6.23. The predicted molar refractivity (Wildman–Crippen MR) is 54.7 cm³/mol. The van der Waals surface area contributed by atoms with Gasteiger partial charge in [0.05, 0.1) is 0 Å². The van der Waals surface area contributed by atoms with Gasteiger partial charge in [0.25, 0.3) is 0 Å². The Hall–Kier alpha value is 0.0700. The molecule has 0 saturated heterocycles. The lowest BCUT2D eigenvalue weighted by Crippen LogP contribution is -2.08. The van der Waals surface area contributed by atoms with E-state index in [1.807, 2.05) is 0 Å². The summed E-state index contributed by atoms with van der Waals surface area (Å²) in [4.78, 5) is 0. The number of benzene rings is 1. The Morgan fingerprint density at radius 3 is 2.58 bits per heavy atom. The van der Waals surface area contributed by atoms with Gasteiger partial charge in [-0.15, -0.1) is 0 Å². The molecule has 1 nitrogen and oxygen atoms in total. The van der Waals surface area contributed by atoms with E-state index >= 15 is 0 Å². The van der Waals surface area contributed by atoms with Crippen LogP contribution >= 0.6 is 31.9 Å². The van der Waals surface area contributed by atoms with Crippen molar-refractivity contribution in [3.63, 3.8) is 0 Å². The van der Waals surface area contributed by atoms with Gasteiger partial charge in [-0.05, 0) is 12.1 Å². The summed E-state index contributed by atoms with van der Waals surface area (Å²) in [5, 5.41) is 0. The van der Waals surface area contributed by atoms with Crippen molar-refractivity contribution in [2.45, 2.75) is 6.17 Å². The maximum absolute atomic E-state index is 13.1. The van der Waals surface area contributed by atoms with Crippen molar-refractivity contribution in [3.8, 4) is 0 Å². The van der Waals surface area contributed by atoms with E-state index in [1.54, 1.807) is 18.2 Å². The molecule has 0 aliphatic rings. The first-order chi connectivity index (χ1) is 5.65. The number of hydrogen-bond donors (Lipinski definition) is 1. The summed E-state index contributed by atoms with van der Waals surface area (Å²) in [6.45, 7) is 0.0141. The molecular weight excluding hydrogens is 289 g/mol. The number of alkyl halides is 1. The molecule has 0 aliphatic heterocycles. The maximum Gasteiger partial charge on any atom is 0.138 e. The zero-order chi connectivity index (χ0) is 9.14. The van der Waals surface area contributed by atoms with Crippen molar-refractivity contribution in [1.29, 1.82) is 0 Å². The Morgan fingerprint density at radius 2 is 2.08 bits per heavy atom. The first-order valence-electron chi connectivity index (χ1n) is 3.44. The van der Waals surface area contributed by atoms with Gasteiger partial charge in [0.2, 0.25) is 0 Å². The lowest BCUT2D eigenvalue weighted by Gasteiger charge is -2.07. The highest BCUT2D eigenvalue weighted by Gasteiger charge is 2.10. The monoisotopic (exact) mass is 295 g/mol. The second-order valence-electron chi connectivity index (χ2n) is 2.37. The van der Waals surface area contributed by atoms with Crippen LogP contribution in [-0.4, -0.2) is 6.54 Å².